The molecule has 0 saturated heterocycles. The van der Waals surface area contributed by atoms with Crippen molar-refractivity contribution in [3.05, 3.63) is 17.1 Å². The summed E-state index contributed by atoms with van der Waals surface area (Å²) in [7, 11) is 0. The number of hydrogen-bond acceptors (Lipinski definition) is 2. The van der Waals surface area contributed by atoms with E-state index in [-0.39, 0.29) is 0 Å². The van der Waals surface area contributed by atoms with Gasteiger partial charge in [-0.1, -0.05) is 20.8 Å². The molecule has 1 fully saturated rings. The summed E-state index contributed by atoms with van der Waals surface area (Å²) in [5.74, 6) is 1.69. The molecule has 2 heteroatoms. The van der Waals surface area contributed by atoms with Crippen molar-refractivity contribution in [1.29, 1.82) is 0 Å². The Balaban J connectivity index is 2.06. The Morgan fingerprint density at radius 1 is 1.50 bits per heavy atom. The first-order chi connectivity index (χ1) is 5.59. The van der Waals surface area contributed by atoms with Crippen molar-refractivity contribution in [2.75, 3.05) is 0 Å². The third-order valence-electron chi connectivity index (χ3n) is 2.78. The third kappa shape index (κ3) is 1.40. The molecular formula is C10H15NS. The van der Waals surface area contributed by atoms with Crippen LogP contribution in [0.1, 0.15) is 38.7 Å². The second-order valence-corrected chi connectivity index (χ2v) is 5.43. The Labute approximate surface area is 78.0 Å². The van der Waals surface area contributed by atoms with Gasteiger partial charge in [-0.2, -0.15) is 0 Å². The van der Waals surface area contributed by atoms with Gasteiger partial charge in [-0.3, -0.25) is 0 Å². The van der Waals surface area contributed by atoms with E-state index in [9.17, 15) is 0 Å². The van der Waals surface area contributed by atoms with Crippen LogP contribution in [0.4, 0.5) is 0 Å². The van der Waals surface area contributed by atoms with Crippen molar-refractivity contribution in [2.24, 2.45) is 11.3 Å². The van der Waals surface area contributed by atoms with Crippen LogP contribution in [0.3, 0.4) is 0 Å². The minimum absolute atomic E-state index is 0.479. The van der Waals surface area contributed by atoms with Crippen molar-refractivity contribution in [3.8, 4) is 0 Å². The molecule has 2 unspecified atom stereocenters. The number of hydrogen-bond donors (Lipinski definition) is 0. The Bertz CT molecular complexity index is 258. The molecule has 0 spiro atoms. The molecule has 1 heterocycles. The standard InChI is InChI=1S/C10H15NS/c1-10(2,3)9-4-8(9)7-5-11-12-6-7/h5-6,8-9H,4H2,1-3H3. The number of rotatable bonds is 1. The van der Waals surface area contributed by atoms with Crippen LogP contribution in [0, 0.1) is 11.3 Å². The van der Waals surface area contributed by atoms with Gasteiger partial charge in [0.05, 0.1) is 0 Å². The highest BCUT2D eigenvalue weighted by Crippen LogP contribution is 2.56. The Morgan fingerprint density at radius 3 is 2.67 bits per heavy atom. The fourth-order valence-corrected chi connectivity index (χ4v) is 2.52. The average Bonchev–Trinajstić information content (AvgIpc) is 2.60. The van der Waals surface area contributed by atoms with Crippen LogP contribution in [-0.4, -0.2) is 4.37 Å². The van der Waals surface area contributed by atoms with E-state index < -0.39 is 0 Å². The molecule has 0 radical (unpaired) electrons. The van der Waals surface area contributed by atoms with E-state index in [0.29, 0.717) is 5.41 Å². The zero-order valence-corrected chi connectivity index (χ0v) is 8.69. The van der Waals surface area contributed by atoms with E-state index in [1.54, 1.807) is 11.5 Å². The van der Waals surface area contributed by atoms with Gasteiger partial charge >= 0.3 is 0 Å². The van der Waals surface area contributed by atoms with Gasteiger partial charge in [0.1, 0.15) is 0 Å². The predicted molar refractivity (Wildman–Crippen MR) is 52.4 cm³/mol. The van der Waals surface area contributed by atoms with Crippen LogP contribution >= 0.6 is 11.5 Å². The maximum Gasteiger partial charge on any atom is 0.0441 e. The Hall–Kier alpha value is -0.370. The quantitative estimate of drug-likeness (QED) is 0.648. The maximum atomic E-state index is 4.14. The van der Waals surface area contributed by atoms with Gasteiger partial charge in [-0.25, -0.2) is 4.37 Å². The molecule has 0 aromatic carbocycles. The minimum Gasteiger partial charge on any atom is -0.201 e. The van der Waals surface area contributed by atoms with Crippen LogP contribution in [0.15, 0.2) is 11.6 Å². The fourth-order valence-electron chi connectivity index (χ4n) is 1.92. The summed E-state index contributed by atoms with van der Waals surface area (Å²) < 4.78 is 4.14. The van der Waals surface area contributed by atoms with Crippen LogP contribution in [0.25, 0.3) is 0 Å². The second-order valence-electron chi connectivity index (χ2n) is 4.77. The van der Waals surface area contributed by atoms with E-state index in [1.807, 2.05) is 6.20 Å². The van der Waals surface area contributed by atoms with Gasteiger partial charge in [-0.15, -0.1) is 0 Å². The van der Waals surface area contributed by atoms with Crippen molar-refractivity contribution < 1.29 is 0 Å². The lowest BCUT2D eigenvalue weighted by Crippen LogP contribution is -2.08. The topological polar surface area (TPSA) is 12.9 Å². The van der Waals surface area contributed by atoms with Crippen LogP contribution in [-0.2, 0) is 0 Å². The maximum absolute atomic E-state index is 4.14. The highest BCUT2D eigenvalue weighted by atomic mass is 32.1. The van der Waals surface area contributed by atoms with Crippen LogP contribution in [0.5, 0.6) is 0 Å². The third-order valence-corrected chi connectivity index (χ3v) is 3.39. The summed E-state index contributed by atoms with van der Waals surface area (Å²) in [6, 6.07) is 0. The first-order valence-electron chi connectivity index (χ1n) is 4.48. The predicted octanol–water partition coefficient (Wildman–Crippen LogP) is 3.29. The molecule has 1 aromatic heterocycles. The van der Waals surface area contributed by atoms with Gasteiger partial charge in [0.25, 0.3) is 0 Å². The van der Waals surface area contributed by atoms with Gasteiger partial charge < -0.3 is 0 Å². The zero-order chi connectivity index (χ0) is 8.77. The second kappa shape index (κ2) is 2.56. The summed E-state index contributed by atoms with van der Waals surface area (Å²) in [5.41, 5.74) is 1.94. The zero-order valence-electron chi connectivity index (χ0n) is 7.87. The van der Waals surface area contributed by atoms with Crippen LogP contribution < -0.4 is 0 Å². The summed E-state index contributed by atoms with van der Waals surface area (Å²) in [6.45, 7) is 6.99. The number of nitrogens with zero attached hydrogens (tertiary/aromatic N) is 1. The largest absolute Gasteiger partial charge is 0.201 e. The monoisotopic (exact) mass is 181 g/mol. The van der Waals surface area contributed by atoms with E-state index >= 15 is 0 Å². The minimum atomic E-state index is 0.479. The first kappa shape index (κ1) is 8.24. The van der Waals surface area contributed by atoms with Gasteiger partial charge in [0.15, 0.2) is 0 Å². The molecule has 0 N–H and O–H groups in total. The van der Waals surface area contributed by atoms with E-state index in [0.717, 1.165) is 11.8 Å². The highest BCUT2D eigenvalue weighted by Gasteiger charge is 2.46. The lowest BCUT2D eigenvalue weighted by atomic mass is 9.88. The smallest absolute Gasteiger partial charge is 0.0441 e. The molecule has 66 valence electrons. The van der Waals surface area contributed by atoms with Gasteiger partial charge in [-0.05, 0) is 40.8 Å². The van der Waals surface area contributed by atoms with Crippen molar-refractivity contribution in [1.82, 2.24) is 4.37 Å². The first-order valence-corrected chi connectivity index (χ1v) is 5.32. The summed E-state index contributed by atoms with van der Waals surface area (Å²) in [4.78, 5) is 0. The van der Waals surface area contributed by atoms with Gasteiger partial charge in [0, 0.05) is 11.6 Å². The lowest BCUT2D eigenvalue weighted by molar-refractivity contribution is 0.343. The molecule has 1 aromatic rings. The molecule has 2 atom stereocenters. The number of aromatic nitrogens is 1. The van der Waals surface area contributed by atoms with E-state index in [1.165, 1.54) is 12.0 Å². The lowest BCUT2D eigenvalue weighted by Gasteiger charge is -2.17. The van der Waals surface area contributed by atoms with E-state index in [4.69, 9.17) is 0 Å². The van der Waals surface area contributed by atoms with Crippen molar-refractivity contribution in [2.45, 2.75) is 33.1 Å². The normalized spacial score (nSPS) is 28.9. The molecule has 0 bridgehead atoms. The molecule has 1 saturated carbocycles. The Kier molecular flexibility index (Phi) is 1.76. The summed E-state index contributed by atoms with van der Waals surface area (Å²) >= 11 is 1.57. The van der Waals surface area contributed by atoms with E-state index in [2.05, 4.69) is 30.5 Å². The average molecular weight is 181 g/mol. The van der Waals surface area contributed by atoms with Gasteiger partial charge in [0.2, 0.25) is 0 Å². The molecule has 0 amide bonds. The molecule has 1 aliphatic carbocycles. The van der Waals surface area contributed by atoms with Crippen molar-refractivity contribution in [3.63, 3.8) is 0 Å². The SMILES string of the molecule is CC(C)(C)C1CC1c1cnsc1. The van der Waals surface area contributed by atoms with Crippen molar-refractivity contribution >= 4 is 11.5 Å². The molecule has 12 heavy (non-hydrogen) atoms. The summed E-state index contributed by atoms with van der Waals surface area (Å²) in [6.07, 6.45) is 3.39. The summed E-state index contributed by atoms with van der Waals surface area (Å²) in [5, 5.41) is 2.19. The molecule has 1 nitrogen and oxygen atoms in total. The molecule has 2 rings (SSSR count). The highest BCUT2D eigenvalue weighted by molar-refractivity contribution is 7.03. The fraction of sp³-hybridized carbons (Fsp3) is 0.700. The molecular weight excluding hydrogens is 166 g/mol. The molecule has 0 aliphatic heterocycles. The molecule has 1 aliphatic rings. The Morgan fingerprint density at radius 2 is 2.25 bits per heavy atom. The van der Waals surface area contributed by atoms with Crippen LogP contribution in [0.2, 0.25) is 0 Å².